The predicted molar refractivity (Wildman–Crippen MR) is 155 cm³/mol. The van der Waals surface area contributed by atoms with Crippen LogP contribution in [0.25, 0.3) is 5.52 Å². The van der Waals surface area contributed by atoms with E-state index in [1.165, 1.54) is 44.2 Å². The number of aromatic amines is 1. The molecule has 0 atom stereocenters. The number of fused-ring (bicyclic) bond motifs is 1. The lowest BCUT2D eigenvalue weighted by Crippen LogP contribution is -2.47. The number of benzene rings is 1. The van der Waals surface area contributed by atoms with Gasteiger partial charge in [-0.1, -0.05) is 48.5 Å². The maximum absolute atomic E-state index is 14.8. The van der Waals surface area contributed by atoms with E-state index in [1.807, 2.05) is 0 Å². The molecule has 0 saturated carbocycles. The number of carbonyl (C=O) groups is 2. The summed E-state index contributed by atoms with van der Waals surface area (Å²) < 4.78 is 48.1. The Balaban J connectivity index is 0.000000541. The average molecular weight is 647 g/mol. The molecule has 234 valence electrons. The minimum absolute atomic E-state index is 0.0783. The highest BCUT2D eigenvalue weighted by atomic mass is 35.5. The van der Waals surface area contributed by atoms with Crippen LogP contribution in [0.5, 0.6) is 0 Å². The van der Waals surface area contributed by atoms with Crippen molar-refractivity contribution in [3.8, 4) is 0 Å². The zero-order valence-corrected chi connectivity index (χ0v) is 24.7. The summed E-state index contributed by atoms with van der Waals surface area (Å²) in [6.07, 6.45) is 5.12. The second-order valence-corrected chi connectivity index (χ2v) is 11.5. The molecule has 0 spiro atoms. The van der Waals surface area contributed by atoms with Gasteiger partial charge in [-0.3, -0.25) is 14.0 Å². The quantitative estimate of drug-likeness (QED) is 0.331. The molecule has 4 heterocycles. The lowest BCUT2D eigenvalue weighted by Gasteiger charge is -2.39. The Bertz CT molecular complexity index is 1510. The van der Waals surface area contributed by atoms with Crippen molar-refractivity contribution in [1.29, 1.82) is 0 Å². The summed E-state index contributed by atoms with van der Waals surface area (Å²) in [6.45, 7) is 3.57. The van der Waals surface area contributed by atoms with Gasteiger partial charge in [0.05, 0.1) is 10.6 Å². The van der Waals surface area contributed by atoms with E-state index in [2.05, 4.69) is 9.88 Å². The first kappa shape index (κ1) is 32.8. The molecule has 5 rings (SSSR count). The lowest BCUT2D eigenvalue weighted by atomic mass is 9.99. The maximum Gasteiger partial charge on any atom is 0.490 e. The van der Waals surface area contributed by atoms with E-state index in [1.54, 1.807) is 27.6 Å². The van der Waals surface area contributed by atoms with E-state index < -0.39 is 18.0 Å². The summed E-state index contributed by atoms with van der Waals surface area (Å²) in [5.74, 6) is -3.55. The number of nitrogens with zero attached hydrogens (tertiary/aromatic N) is 3. The Labute approximate surface area is 255 Å². The Kier molecular flexibility index (Phi) is 10.8. The Morgan fingerprint density at radius 1 is 0.977 bits per heavy atom. The normalized spacial score (nSPS) is 17.2. The minimum Gasteiger partial charge on any atom is -0.475 e. The molecular formula is C29H32Cl2F4N4O4. The molecule has 3 aromatic rings. The van der Waals surface area contributed by atoms with E-state index in [4.69, 9.17) is 33.1 Å². The number of carboxylic acids is 1. The number of alkyl halides is 3. The number of hydrogen-bond acceptors (Lipinski definition) is 4. The van der Waals surface area contributed by atoms with Gasteiger partial charge in [-0.25, -0.2) is 9.18 Å². The Morgan fingerprint density at radius 2 is 1.58 bits per heavy atom. The average Bonchev–Trinajstić information content (AvgIpc) is 3.25. The molecule has 2 N–H and O–H groups in total. The third-order valence-electron chi connectivity index (χ3n) is 7.84. The molecule has 2 aromatic heterocycles. The third-order valence-corrected chi connectivity index (χ3v) is 8.59. The van der Waals surface area contributed by atoms with Crippen LogP contribution in [-0.2, 0) is 11.2 Å². The molecule has 2 fully saturated rings. The fourth-order valence-electron chi connectivity index (χ4n) is 5.62. The van der Waals surface area contributed by atoms with Crippen LogP contribution in [0, 0.1) is 5.82 Å². The van der Waals surface area contributed by atoms with E-state index >= 15 is 0 Å². The highest BCUT2D eigenvalue weighted by molar-refractivity contribution is 6.42. The van der Waals surface area contributed by atoms with Crippen molar-refractivity contribution in [2.24, 2.45) is 0 Å². The smallest absolute Gasteiger partial charge is 0.475 e. The number of halogens is 6. The lowest BCUT2D eigenvalue weighted by molar-refractivity contribution is -0.192. The van der Waals surface area contributed by atoms with Crippen molar-refractivity contribution in [1.82, 2.24) is 19.2 Å². The van der Waals surface area contributed by atoms with Gasteiger partial charge in [0.1, 0.15) is 16.5 Å². The molecule has 1 amide bonds. The van der Waals surface area contributed by atoms with Crippen LogP contribution in [0.15, 0.2) is 35.3 Å². The van der Waals surface area contributed by atoms with Crippen molar-refractivity contribution in [3.63, 3.8) is 0 Å². The van der Waals surface area contributed by atoms with Crippen molar-refractivity contribution in [3.05, 3.63) is 73.6 Å². The molecule has 8 nitrogen and oxygen atoms in total. The molecule has 0 unspecified atom stereocenters. The molecule has 2 aliphatic rings. The van der Waals surface area contributed by atoms with E-state index in [9.17, 15) is 27.2 Å². The van der Waals surface area contributed by atoms with Crippen LogP contribution in [-0.4, -0.2) is 74.6 Å². The number of carbonyl (C=O) groups excluding carboxylic acids is 1. The summed E-state index contributed by atoms with van der Waals surface area (Å²) >= 11 is 12.5. The number of piperidine rings is 1. The van der Waals surface area contributed by atoms with Crippen LogP contribution < -0.4 is 5.56 Å². The van der Waals surface area contributed by atoms with Crippen LogP contribution in [0.4, 0.5) is 17.6 Å². The fourth-order valence-corrected chi connectivity index (χ4v) is 6.06. The number of amides is 1. The first-order valence-corrected chi connectivity index (χ1v) is 14.8. The summed E-state index contributed by atoms with van der Waals surface area (Å²) in [7, 11) is 0. The van der Waals surface area contributed by atoms with Gasteiger partial charge in [0.2, 0.25) is 0 Å². The topological polar surface area (TPSA) is 98.1 Å². The van der Waals surface area contributed by atoms with Crippen molar-refractivity contribution in [2.45, 2.75) is 63.6 Å². The van der Waals surface area contributed by atoms with Gasteiger partial charge in [0, 0.05) is 37.4 Å². The number of hydrogen-bond donors (Lipinski definition) is 2. The zero-order valence-electron chi connectivity index (χ0n) is 23.2. The van der Waals surface area contributed by atoms with Gasteiger partial charge in [-0.05, 0) is 62.5 Å². The maximum atomic E-state index is 14.8. The van der Waals surface area contributed by atoms with Crippen LogP contribution >= 0.6 is 23.2 Å². The molecule has 0 aliphatic carbocycles. The van der Waals surface area contributed by atoms with Crippen LogP contribution in [0.1, 0.15) is 66.6 Å². The molecule has 0 bridgehead atoms. The van der Waals surface area contributed by atoms with Crippen LogP contribution in [0.3, 0.4) is 0 Å². The Morgan fingerprint density at radius 3 is 2.19 bits per heavy atom. The third kappa shape index (κ3) is 8.10. The molecule has 0 radical (unpaired) electrons. The van der Waals surface area contributed by atoms with Gasteiger partial charge in [0.25, 0.3) is 11.5 Å². The van der Waals surface area contributed by atoms with Gasteiger partial charge < -0.3 is 19.9 Å². The van der Waals surface area contributed by atoms with E-state index in [0.29, 0.717) is 36.8 Å². The standard InChI is InChI=1S/C27H31Cl2FN4O2.C2HF3O2/c28-22-16-24-26(35)31-17-20(34(24)25(22)29)14-18-6-7-23(30)21(15-18)27(36)33-12-8-19(9-13-33)32-10-4-2-1-3-5-11-32;3-2(4,5)1(6)7/h6-7,15-17,19H,1-5,8-14H2,(H,31,35);(H,6,7). The zero-order chi connectivity index (χ0) is 31.3. The fraction of sp³-hybridized carbons (Fsp3) is 0.483. The van der Waals surface area contributed by atoms with Crippen LogP contribution in [0.2, 0.25) is 10.2 Å². The van der Waals surface area contributed by atoms with Gasteiger partial charge in [0.15, 0.2) is 0 Å². The number of aromatic nitrogens is 2. The number of likely N-dealkylation sites (tertiary alicyclic amines) is 2. The minimum atomic E-state index is -5.08. The van der Waals surface area contributed by atoms with E-state index in [0.717, 1.165) is 31.5 Å². The molecule has 2 saturated heterocycles. The number of nitrogens with one attached hydrogen (secondary N) is 1. The van der Waals surface area contributed by atoms with Crippen molar-refractivity contribution >= 4 is 40.6 Å². The molecule has 1 aromatic carbocycles. The molecular weight excluding hydrogens is 615 g/mol. The number of aliphatic carboxylic acids is 1. The van der Waals surface area contributed by atoms with Crippen molar-refractivity contribution in [2.75, 3.05) is 26.2 Å². The first-order valence-electron chi connectivity index (χ1n) is 14.1. The molecule has 14 heteroatoms. The number of rotatable bonds is 4. The summed E-state index contributed by atoms with van der Waals surface area (Å²) in [5, 5.41) is 7.65. The summed E-state index contributed by atoms with van der Waals surface area (Å²) in [6, 6.07) is 6.61. The SMILES string of the molecule is O=C(O)C(F)(F)F.O=C(c1cc(Cc2c[nH]c(=O)c3cc(Cl)c(Cl)n23)ccc1F)N1CCC(N2CCCCCCC2)CC1. The highest BCUT2D eigenvalue weighted by Crippen LogP contribution is 2.28. The van der Waals surface area contributed by atoms with Crippen molar-refractivity contribution < 1.29 is 32.3 Å². The second kappa shape index (κ2) is 14.1. The number of H-pyrrole nitrogens is 1. The van der Waals surface area contributed by atoms with Gasteiger partial charge in [-0.15, -0.1) is 0 Å². The summed E-state index contributed by atoms with van der Waals surface area (Å²) in [4.78, 5) is 41.5. The molecule has 43 heavy (non-hydrogen) atoms. The Hall–Kier alpha value is -3.09. The number of carboxylic acid groups (broad SMARTS) is 1. The highest BCUT2D eigenvalue weighted by Gasteiger charge is 2.38. The van der Waals surface area contributed by atoms with Gasteiger partial charge >= 0.3 is 12.1 Å². The predicted octanol–water partition coefficient (Wildman–Crippen LogP) is 6.17. The second-order valence-electron chi connectivity index (χ2n) is 10.7. The van der Waals surface area contributed by atoms with Gasteiger partial charge in [-0.2, -0.15) is 13.2 Å². The molecule has 2 aliphatic heterocycles. The summed E-state index contributed by atoms with van der Waals surface area (Å²) in [5.41, 5.74) is 1.53. The first-order chi connectivity index (χ1) is 20.4. The monoisotopic (exact) mass is 646 g/mol. The van der Waals surface area contributed by atoms with E-state index in [-0.39, 0.29) is 27.2 Å². The largest absolute Gasteiger partial charge is 0.490 e.